The Balaban J connectivity index is 1.92. The normalized spacial score (nSPS) is 11.5. The van der Waals surface area contributed by atoms with Crippen LogP contribution in [-0.4, -0.2) is 20.4 Å². The molecule has 0 spiro atoms. The molecule has 0 radical (unpaired) electrons. The number of benzene rings is 2. The molecule has 0 aliphatic carbocycles. The predicted octanol–water partition coefficient (Wildman–Crippen LogP) is 4.39. The highest BCUT2D eigenvalue weighted by atomic mass is 79.9. The van der Waals surface area contributed by atoms with Crippen molar-refractivity contribution in [1.29, 1.82) is 5.26 Å². The number of hydrogen-bond acceptors (Lipinski definition) is 4. The first kappa shape index (κ1) is 19.1. The molecule has 2 heterocycles. The first-order valence-corrected chi connectivity index (χ1v) is 10.0. The van der Waals surface area contributed by atoms with E-state index in [9.17, 15) is 10.1 Å². The molecule has 0 atom stereocenters. The molecule has 0 bridgehead atoms. The molecule has 4 aromatic rings. The summed E-state index contributed by atoms with van der Waals surface area (Å²) in [4.78, 5) is 17.7. The van der Waals surface area contributed by atoms with Gasteiger partial charge in [0.25, 0.3) is 5.56 Å². The van der Waals surface area contributed by atoms with Gasteiger partial charge in [-0.3, -0.25) is 4.79 Å². The molecule has 4 rings (SSSR count). The minimum Gasteiger partial charge on any atom is -0.330 e. The van der Waals surface area contributed by atoms with E-state index in [1.165, 1.54) is 4.68 Å². The summed E-state index contributed by atoms with van der Waals surface area (Å²) < 4.78 is 4.14. The molecular weight excluding hydrogens is 430 g/mol. The van der Waals surface area contributed by atoms with Crippen LogP contribution in [0.15, 0.2) is 56.8 Å². The molecule has 2 aromatic heterocycles. The van der Waals surface area contributed by atoms with E-state index in [-0.39, 0.29) is 12.1 Å². The summed E-state index contributed by atoms with van der Waals surface area (Å²) >= 11 is 3.41. The first-order chi connectivity index (χ1) is 14.0. The SMILES string of the molecule is CCc1nc2ccc(Br)cc2c(=O)n1N=Cc1c(C)n(CC#N)c2ccccc12. The van der Waals surface area contributed by atoms with Gasteiger partial charge < -0.3 is 4.57 Å². The molecular formula is C22H18BrN5O. The van der Waals surface area contributed by atoms with Crippen LogP contribution >= 0.6 is 15.9 Å². The van der Waals surface area contributed by atoms with Gasteiger partial charge in [-0.15, -0.1) is 0 Å². The van der Waals surface area contributed by atoms with Crippen molar-refractivity contribution >= 4 is 44.0 Å². The minimum atomic E-state index is -0.206. The summed E-state index contributed by atoms with van der Waals surface area (Å²) in [7, 11) is 0. The Morgan fingerprint density at radius 1 is 1.24 bits per heavy atom. The van der Waals surface area contributed by atoms with Crippen LogP contribution in [0.4, 0.5) is 0 Å². The monoisotopic (exact) mass is 447 g/mol. The van der Waals surface area contributed by atoms with E-state index in [0.29, 0.717) is 23.1 Å². The van der Waals surface area contributed by atoms with E-state index in [4.69, 9.17) is 0 Å². The van der Waals surface area contributed by atoms with Crippen molar-refractivity contribution in [2.45, 2.75) is 26.8 Å². The highest BCUT2D eigenvalue weighted by molar-refractivity contribution is 9.10. The highest BCUT2D eigenvalue weighted by Crippen LogP contribution is 2.24. The van der Waals surface area contributed by atoms with E-state index in [1.54, 1.807) is 12.3 Å². The molecule has 29 heavy (non-hydrogen) atoms. The zero-order valence-electron chi connectivity index (χ0n) is 16.1. The number of fused-ring (bicyclic) bond motifs is 2. The van der Waals surface area contributed by atoms with Crippen LogP contribution in [0.5, 0.6) is 0 Å². The molecule has 0 aliphatic heterocycles. The molecule has 6 nitrogen and oxygen atoms in total. The van der Waals surface area contributed by atoms with Crippen LogP contribution in [0.3, 0.4) is 0 Å². The number of hydrogen-bond donors (Lipinski definition) is 0. The lowest BCUT2D eigenvalue weighted by atomic mass is 10.1. The van der Waals surface area contributed by atoms with Crippen LogP contribution in [-0.2, 0) is 13.0 Å². The highest BCUT2D eigenvalue weighted by Gasteiger charge is 2.13. The molecule has 0 N–H and O–H groups in total. The molecule has 0 unspecified atom stereocenters. The van der Waals surface area contributed by atoms with Gasteiger partial charge in [-0.2, -0.15) is 15.0 Å². The summed E-state index contributed by atoms with van der Waals surface area (Å²) in [6, 6.07) is 15.5. The molecule has 0 aliphatic rings. The Labute approximate surface area is 175 Å². The number of rotatable bonds is 4. The minimum absolute atomic E-state index is 0.206. The third-order valence-electron chi connectivity index (χ3n) is 5.00. The average Bonchev–Trinajstić information content (AvgIpc) is 2.99. The van der Waals surface area contributed by atoms with Gasteiger partial charge in [-0.1, -0.05) is 41.1 Å². The van der Waals surface area contributed by atoms with Crippen molar-refractivity contribution in [1.82, 2.24) is 14.2 Å². The Morgan fingerprint density at radius 2 is 2.03 bits per heavy atom. The van der Waals surface area contributed by atoms with Gasteiger partial charge in [0.2, 0.25) is 0 Å². The van der Waals surface area contributed by atoms with E-state index in [2.05, 4.69) is 32.1 Å². The summed E-state index contributed by atoms with van der Waals surface area (Å²) in [6.45, 7) is 4.16. The van der Waals surface area contributed by atoms with E-state index >= 15 is 0 Å². The third kappa shape index (κ3) is 3.26. The molecule has 7 heteroatoms. The Hall–Kier alpha value is -3.24. The number of nitriles is 1. The summed E-state index contributed by atoms with van der Waals surface area (Å²) in [5, 5.41) is 15.2. The number of para-hydroxylation sites is 1. The van der Waals surface area contributed by atoms with Crippen molar-refractivity contribution in [2.75, 3.05) is 0 Å². The number of aryl methyl sites for hydroxylation is 1. The lowest BCUT2D eigenvalue weighted by Crippen LogP contribution is -2.22. The maximum atomic E-state index is 13.1. The molecule has 0 saturated heterocycles. The lowest BCUT2D eigenvalue weighted by molar-refractivity contribution is 0.734. The van der Waals surface area contributed by atoms with Gasteiger partial charge in [0.05, 0.1) is 23.2 Å². The van der Waals surface area contributed by atoms with Crippen molar-refractivity contribution in [3.05, 3.63) is 74.4 Å². The van der Waals surface area contributed by atoms with Crippen LogP contribution < -0.4 is 5.56 Å². The second-order valence-corrected chi connectivity index (χ2v) is 7.58. The van der Waals surface area contributed by atoms with Gasteiger partial charge in [-0.05, 0) is 31.2 Å². The van der Waals surface area contributed by atoms with Gasteiger partial charge in [0, 0.05) is 33.1 Å². The smallest absolute Gasteiger partial charge is 0.282 e. The molecule has 144 valence electrons. The molecule has 0 amide bonds. The average molecular weight is 448 g/mol. The number of nitrogens with zero attached hydrogens (tertiary/aromatic N) is 5. The zero-order valence-corrected chi connectivity index (χ0v) is 17.6. The lowest BCUT2D eigenvalue weighted by Gasteiger charge is -2.07. The quantitative estimate of drug-likeness (QED) is 0.435. The zero-order chi connectivity index (χ0) is 20.5. The standard InChI is InChI=1S/C22H18BrN5O/c1-3-21-26-19-9-8-15(23)12-17(19)22(29)28(21)25-13-18-14(2)27(11-10-24)20-7-5-4-6-16(18)20/h4-9,12-13H,3,11H2,1-2H3. The van der Waals surface area contributed by atoms with Crippen molar-refractivity contribution in [3.63, 3.8) is 0 Å². The predicted molar refractivity (Wildman–Crippen MR) is 118 cm³/mol. The van der Waals surface area contributed by atoms with Gasteiger partial charge in [0.1, 0.15) is 12.4 Å². The summed E-state index contributed by atoms with van der Waals surface area (Å²) in [5.41, 5.74) is 3.24. The first-order valence-electron chi connectivity index (χ1n) is 9.25. The Bertz CT molecular complexity index is 1370. The van der Waals surface area contributed by atoms with Crippen molar-refractivity contribution < 1.29 is 0 Å². The largest absolute Gasteiger partial charge is 0.330 e. The third-order valence-corrected chi connectivity index (χ3v) is 5.50. The van der Waals surface area contributed by atoms with Crippen LogP contribution in [0.1, 0.15) is 24.0 Å². The maximum absolute atomic E-state index is 13.1. The van der Waals surface area contributed by atoms with E-state index in [0.717, 1.165) is 26.6 Å². The van der Waals surface area contributed by atoms with Crippen LogP contribution in [0.25, 0.3) is 21.8 Å². The van der Waals surface area contributed by atoms with Gasteiger partial charge in [-0.25, -0.2) is 4.98 Å². The number of halogens is 1. The Morgan fingerprint density at radius 3 is 2.79 bits per heavy atom. The maximum Gasteiger partial charge on any atom is 0.282 e. The summed E-state index contributed by atoms with van der Waals surface area (Å²) in [6.07, 6.45) is 2.27. The Kier molecular flexibility index (Phi) is 5.03. The fourth-order valence-electron chi connectivity index (χ4n) is 3.55. The van der Waals surface area contributed by atoms with Gasteiger partial charge in [0.15, 0.2) is 0 Å². The second-order valence-electron chi connectivity index (χ2n) is 6.67. The van der Waals surface area contributed by atoms with Crippen molar-refractivity contribution in [3.8, 4) is 6.07 Å². The molecule has 0 fully saturated rings. The topological polar surface area (TPSA) is 76.0 Å². The fraction of sp³-hybridized carbons (Fsp3) is 0.182. The number of aromatic nitrogens is 3. The van der Waals surface area contributed by atoms with E-state index in [1.807, 2.05) is 54.8 Å². The summed E-state index contributed by atoms with van der Waals surface area (Å²) in [5.74, 6) is 0.597. The fourth-order valence-corrected chi connectivity index (χ4v) is 3.91. The second kappa shape index (κ2) is 7.64. The van der Waals surface area contributed by atoms with Crippen LogP contribution in [0.2, 0.25) is 0 Å². The van der Waals surface area contributed by atoms with Gasteiger partial charge >= 0.3 is 0 Å². The van der Waals surface area contributed by atoms with Crippen LogP contribution in [0, 0.1) is 18.3 Å². The van der Waals surface area contributed by atoms with E-state index < -0.39 is 0 Å². The molecule has 0 saturated carbocycles. The molecule has 2 aromatic carbocycles. The van der Waals surface area contributed by atoms with Crippen molar-refractivity contribution in [2.24, 2.45) is 5.10 Å².